The van der Waals surface area contributed by atoms with Crippen LogP contribution in [0.1, 0.15) is 30.7 Å². The number of rotatable bonds is 1. The van der Waals surface area contributed by atoms with Gasteiger partial charge in [0.2, 0.25) is 5.69 Å². The molecule has 0 aliphatic heterocycles. The van der Waals surface area contributed by atoms with Gasteiger partial charge >= 0.3 is 0 Å². The Morgan fingerprint density at radius 1 is 0.781 bits per heavy atom. The van der Waals surface area contributed by atoms with Crippen LogP contribution in [0.4, 0.5) is 0 Å². The van der Waals surface area contributed by atoms with Gasteiger partial charge in [0.15, 0.2) is 6.20 Å². The first-order valence-corrected chi connectivity index (χ1v) is 11.4. The molecule has 0 saturated heterocycles. The van der Waals surface area contributed by atoms with Crippen molar-refractivity contribution in [2.75, 3.05) is 0 Å². The van der Waals surface area contributed by atoms with Crippen LogP contribution in [0.2, 0.25) is 0 Å². The topological polar surface area (TPSA) is 8.29 Å². The molecule has 2 heteroatoms. The average molecular weight is 414 g/mol. The second kappa shape index (κ2) is 5.77. The standard InChI is InChI=1S/C30H25N2/c1-18-10-5-6-11-19(18)26-16-23-24(17-31(26)4)30(2,3)29-27(23)22-14-9-13-21-20-12-7-8-15-25(20)32(29)28(21)22/h5-17H,1-4H3/q+1. The predicted octanol–water partition coefficient (Wildman–Crippen LogP) is 6.79. The Morgan fingerprint density at radius 2 is 1.50 bits per heavy atom. The summed E-state index contributed by atoms with van der Waals surface area (Å²) in [5, 5.41) is 4.06. The number of aromatic nitrogens is 2. The Hall–Kier alpha value is -3.65. The van der Waals surface area contributed by atoms with Crippen molar-refractivity contribution in [2.45, 2.75) is 26.2 Å². The lowest BCUT2D eigenvalue weighted by Gasteiger charge is -2.21. The zero-order chi connectivity index (χ0) is 21.8. The van der Waals surface area contributed by atoms with E-state index in [4.69, 9.17) is 0 Å². The number of hydrogen-bond acceptors (Lipinski definition) is 0. The van der Waals surface area contributed by atoms with Crippen molar-refractivity contribution < 1.29 is 4.57 Å². The van der Waals surface area contributed by atoms with E-state index in [2.05, 4.69) is 116 Å². The summed E-state index contributed by atoms with van der Waals surface area (Å²) in [4.78, 5) is 0. The molecule has 0 unspecified atom stereocenters. The predicted molar refractivity (Wildman–Crippen MR) is 133 cm³/mol. The van der Waals surface area contributed by atoms with Gasteiger partial charge in [0.25, 0.3) is 0 Å². The summed E-state index contributed by atoms with van der Waals surface area (Å²) in [6.45, 7) is 6.97. The number of pyridine rings is 1. The second-order valence-electron chi connectivity index (χ2n) is 9.81. The fourth-order valence-electron chi connectivity index (χ4n) is 6.17. The molecule has 0 amide bonds. The molecule has 3 aromatic carbocycles. The second-order valence-corrected chi connectivity index (χ2v) is 9.81. The van der Waals surface area contributed by atoms with Crippen LogP contribution in [0.25, 0.3) is 49.6 Å². The van der Waals surface area contributed by atoms with E-state index in [9.17, 15) is 0 Å². The molecule has 0 bridgehead atoms. The van der Waals surface area contributed by atoms with E-state index in [0.717, 1.165) is 0 Å². The molecule has 3 heterocycles. The van der Waals surface area contributed by atoms with Crippen LogP contribution in [-0.4, -0.2) is 4.40 Å². The van der Waals surface area contributed by atoms with Crippen LogP contribution in [0.15, 0.2) is 79.0 Å². The average Bonchev–Trinajstić information content (AvgIpc) is 3.38. The van der Waals surface area contributed by atoms with Crippen molar-refractivity contribution in [1.29, 1.82) is 0 Å². The molecule has 154 valence electrons. The Morgan fingerprint density at radius 3 is 2.34 bits per heavy atom. The highest BCUT2D eigenvalue weighted by Gasteiger charge is 2.43. The Balaban J connectivity index is 1.66. The lowest BCUT2D eigenvalue weighted by Crippen LogP contribution is -2.33. The molecule has 0 N–H and O–H groups in total. The number of hydrogen-bond donors (Lipinski definition) is 0. The van der Waals surface area contributed by atoms with Crippen molar-refractivity contribution in [3.63, 3.8) is 0 Å². The molecule has 3 aromatic heterocycles. The SMILES string of the molecule is Cc1ccccc1-c1cc2c(c[n+]1C)C(C)(C)c1c-2c2cccc3c4ccccc4n1c23. The summed E-state index contributed by atoms with van der Waals surface area (Å²) < 4.78 is 4.85. The van der Waals surface area contributed by atoms with Crippen LogP contribution < -0.4 is 4.57 Å². The minimum Gasteiger partial charge on any atom is -0.311 e. The molecule has 7 rings (SSSR count). The maximum atomic E-state index is 2.54. The first kappa shape index (κ1) is 18.0. The van der Waals surface area contributed by atoms with Crippen LogP contribution in [0.5, 0.6) is 0 Å². The molecule has 0 spiro atoms. The number of nitrogens with zero attached hydrogens (tertiary/aromatic N) is 2. The van der Waals surface area contributed by atoms with Crippen molar-refractivity contribution in [1.82, 2.24) is 4.40 Å². The molecular weight excluding hydrogens is 388 g/mol. The summed E-state index contributed by atoms with van der Waals surface area (Å²) in [5.41, 5.74) is 12.1. The Bertz CT molecular complexity index is 1710. The smallest absolute Gasteiger partial charge is 0.213 e. The van der Waals surface area contributed by atoms with Gasteiger partial charge in [-0.3, -0.25) is 0 Å². The van der Waals surface area contributed by atoms with E-state index in [1.807, 2.05) is 0 Å². The molecule has 32 heavy (non-hydrogen) atoms. The Kier molecular flexibility index (Phi) is 3.24. The van der Waals surface area contributed by atoms with Crippen molar-refractivity contribution >= 4 is 27.2 Å². The molecule has 0 radical (unpaired) electrons. The molecule has 1 aliphatic rings. The van der Waals surface area contributed by atoms with Crippen LogP contribution in [0.3, 0.4) is 0 Å². The summed E-state index contributed by atoms with van der Waals surface area (Å²) in [7, 11) is 2.18. The quantitative estimate of drug-likeness (QED) is 0.262. The molecule has 0 fully saturated rings. The molecule has 0 saturated carbocycles. The van der Waals surface area contributed by atoms with Crippen molar-refractivity contribution in [3.05, 3.63) is 95.8 Å². The number of aryl methyl sites for hydroxylation is 2. The van der Waals surface area contributed by atoms with Gasteiger partial charge in [-0.15, -0.1) is 0 Å². The number of fused-ring (bicyclic) bond motifs is 8. The fourth-order valence-corrected chi connectivity index (χ4v) is 6.17. The molecule has 1 aliphatic carbocycles. The maximum absolute atomic E-state index is 2.54. The third kappa shape index (κ3) is 1.99. The van der Waals surface area contributed by atoms with Crippen LogP contribution in [-0.2, 0) is 12.5 Å². The van der Waals surface area contributed by atoms with Gasteiger partial charge in [-0.2, -0.15) is 0 Å². The van der Waals surface area contributed by atoms with Gasteiger partial charge in [-0.1, -0.05) is 54.6 Å². The zero-order valence-corrected chi connectivity index (χ0v) is 18.9. The highest BCUT2D eigenvalue weighted by atomic mass is 15.0. The molecule has 2 nitrogen and oxygen atoms in total. The third-order valence-electron chi connectivity index (χ3n) is 7.65. The molecule has 6 aromatic rings. The third-order valence-corrected chi connectivity index (χ3v) is 7.65. The van der Waals surface area contributed by atoms with Gasteiger partial charge in [-0.25, -0.2) is 4.57 Å². The van der Waals surface area contributed by atoms with Crippen molar-refractivity contribution in [3.8, 4) is 22.4 Å². The van der Waals surface area contributed by atoms with E-state index < -0.39 is 0 Å². The fraction of sp³-hybridized carbons (Fsp3) is 0.167. The van der Waals surface area contributed by atoms with Gasteiger partial charge in [0, 0.05) is 55.6 Å². The van der Waals surface area contributed by atoms with Gasteiger partial charge in [0.05, 0.1) is 11.0 Å². The summed E-state index contributed by atoms with van der Waals surface area (Å²) in [6.07, 6.45) is 2.36. The van der Waals surface area contributed by atoms with Gasteiger partial charge in [-0.05, 0) is 38.5 Å². The van der Waals surface area contributed by atoms with Gasteiger partial charge in [0.1, 0.15) is 7.05 Å². The van der Waals surface area contributed by atoms with E-state index in [1.165, 1.54) is 66.4 Å². The van der Waals surface area contributed by atoms with E-state index in [-0.39, 0.29) is 5.41 Å². The summed E-state index contributed by atoms with van der Waals surface area (Å²) >= 11 is 0. The lowest BCUT2D eigenvalue weighted by molar-refractivity contribution is -0.660. The lowest BCUT2D eigenvalue weighted by atomic mass is 9.86. The largest absolute Gasteiger partial charge is 0.311 e. The van der Waals surface area contributed by atoms with Crippen LogP contribution in [0, 0.1) is 6.92 Å². The van der Waals surface area contributed by atoms with E-state index >= 15 is 0 Å². The van der Waals surface area contributed by atoms with E-state index in [0.29, 0.717) is 0 Å². The highest BCUT2D eigenvalue weighted by molar-refractivity contribution is 6.19. The normalized spacial score (nSPS) is 14.5. The summed E-state index contributed by atoms with van der Waals surface area (Å²) in [5.74, 6) is 0. The first-order chi connectivity index (χ1) is 15.5. The maximum Gasteiger partial charge on any atom is 0.213 e. The molecular formula is C30H25N2+. The monoisotopic (exact) mass is 413 g/mol. The van der Waals surface area contributed by atoms with Crippen molar-refractivity contribution in [2.24, 2.45) is 7.05 Å². The molecule has 0 atom stereocenters. The highest BCUT2D eigenvalue weighted by Crippen LogP contribution is 2.54. The Labute approximate surface area is 187 Å². The number of para-hydroxylation sites is 2. The van der Waals surface area contributed by atoms with Gasteiger partial charge < -0.3 is 4.40 Å². The van der Waals surface area contributed by atoms with Crippen LogP contribution >= 0.6 is 0 Å². The summed E-state index contributed by atoms with van der Waals surface area (Å²) in [6, 6.07) is 26.8. The first-order valence-electron chi connectivity index (χ1n) is 11.4. The number of benzene rings is 3. The minimum atomic E-state index is -0.0829. The zero-order valence-electron chi connectivity index (χ0n) is 18.9. The minimum absolute atomic E-state index is 0.0829. The van der Waals surface area contributed by atoms with E-state index in [1.54, 1.807) is 0 Å².